The molecule has 5 heterocycles. The summed E-state index contributed by atoms with van der Waals surface area (Å²) in [6, 6.07) is 5.46. The number of aryl methyl sites for hydroxylation is 1. The lowest BCUT2D eigenvalue weighted by molar-refractivity contribution is -0.137. The molecule has 32 heavy (non-hydrogen) atoms. The molecule has 0 spiro atoms. The minimum Gasteiger partial charge on any atom is -0.472 e. The molecule has 8 nitrogen and oxygen atoms in total. The number of carbonyl (C=O) groups is 1. The molecule has 0 radical (unpaired) electrons. The number of carbonyl (C=O) groups excluding carboxylic acids is 1. The number of hydrogen-bond acceptors (Lipinski definition) is 6. The quantitative estimate of drug-likeness (QED) is 0.614. The van der Waals surface area contributed by atoms with Crippen LogP contribution in [0.4, 0.5) is 13.2 Å². The second-order valence-corrected chi connectivity index (χ2v) is 7.92. The number of hydrogen-bond donors (Lipinski definition) is 0. The summed E-state index contributed by atoms with van der Waals surface area (Å²) in [5.41, 5.74) is 0.600. The summed E-state index contributed by atoms with van der Waals surface area (Å²) in [5, 5.41) is 8.23. The van der Waals surface area contributed by atoms with Gasteiger partial charge in [-0.1, -0.05) is 0 Å². The Kier molecular flexibility index (Phi) is 4.83. The molecule has 3 atom stereocenters. The minimum absolute atomic E-state index is 0.0345. The molecule has 2 saturated heterocycles. The Labute approximate surface area is 181 Å². The largest absolute Gasteiger partial charge is 0.472 e. The van der Waals surface area contributed by atoms with E-state index < -0.39 is 11.7 Å². The molecule has 2 aliphatic heterocycles. The van der Waals surface area contributed by atoms with Gasteiger partial charge in [-0.3, -0.25) is 4.79 Å². The van der Waals surface area contributed by atoms with Crippen molar-refractivity contribution in [2.45, 2.75) is 50.6 Å². The minimum atomic E-state index is -4.46. The van der Waals surface area contributed by atoms with E-state index in [1.807, 2.05) is 0 Å². The topological polar surface area (TPSA) is 86.0 Å². The lowest BCUT2D eigenvalue weighted by Gasteiger charge is -2.25. The smallest absolute Gasteiger partial charge is 0.417 e. The van der Waals surface area contributed by atoms with E-state index in [2.05, 4.69) is 20.2 Å². The molecule has 1 amide bonds. The monoisotopic (exact) mass is 444 g/mol. The molecule has 5 rings (SSSR count). The van der Waals surface area contributed by atoms with E-state index in [9.17, 15) is 18.0 Å². The van der Waals surface area contributed by atoms with Crippen LogP contribution in [-0.4, -0.2) is 54.0 Å². The van der Waals surface area contributed by atoms with E-state index in [-0.39, 0.29) is 35.7 Å². The first-order chi connectivity index (χ1) is 15.3. The highest BCUT2D eigenvalue weighted by Gasteiger charge is 2.50. The van der Waals surface area contributed by atoms with Gasteiger partial charge in [0.05, 0.1) is 24.0 Å². The highest BCUT2D eigenvalue weighted by atomic mass is 19.4. The third kappa shape index (κ3) is 3.57. The van der Waals surface area contributed by atoms with Gasteiger partial charge >= 0.3 is 6.18 Å². The zero-order chi connectivity index (χ0) is 22.5. The summed E-state index contributed by atoms with van der Waals surface area (Å²) in [6.07, 6.45) is 1.15. The van der Waals surface area contributed by atoms with Crippen molar-refractivity contribution >= 4 is 5.91 Å². The zero-order valence-corrected chi connectivity index (χ0v) is 17.0. The van der Waals surface area contributed by atoms with E-state index in [0.717, 1.165) is 25.1 Å². The van der Waals surface area contributed by atoms with Crippen molar-refractivity contribution in [3.8, 4) is 11.6 Å². The lowest BCUT2D eigenvalue weighted by Crippen LogP contribution is -2.40. The van der Waals surface area contributed by atoms with Crippen molar-refractivity contribution in [2.24, 2.45) is 0 Å². The molecule has 11 heteroatoms. The van der Waals surface area contributed by atoms with E-state index >= 15 is 0 Å². The van der Waals surface area contributed by atoms with Crippen molar-refractivity contribution in [2.75, 3.05) is 0 Å². The first kappa shape index (κ1) is 20.4. The Morgan fingerprint density at radius 3 is 2.59 bits per heavy atom. The van der Waals surface area contributed by atoms with Gasteiger partial charge in [0.25, 0.3) is 5.91 Å². The summed E-state index contributed by atoms with van der Waals surface area (Å²) in [7, 11) is 0. The molecule has 2 aliphatic rings. The number of fused-ring (bicyclic) bond motifs is 2. The van der Waals surface area contributed by atoms with Crippen LogP contribution in [-0.2, 0) is 6.18 Å². The van der Waals surface area contributed by atoms with Gasteiger partial charge in [0.15, 0.2) is 5.69 Å². The maximum Gasteiger partial charge on any atom is 0.417 e. The van der Waals surface area contributed by atoms with Crippen LogP contribution in [0.15, 0.2) is 42.9 Å². The molecule has 0 aliphatic carbocycles. The second-order valence-electron chi connectivity index (χ2n) is 7.92. The lowest BCUT2D eigenvalue weighted by atomic mass is 9.98. The van der Waals surface area contributed by atoms with Crippen LogP contribution >= 0.6 is 0 Å². The van der Waals surface area contributed by atoms with Gasteiger partial charge < -0.3 is 9.64 Å². The number of amides is 1. The van der Waals surface area contributed by atoms with E-state index in [1.165, 1.54) is 23.3 Å². The number of ether oxygens (including phenoxy) is 1. The average Bonchev–Trinajstić information content (AvgIpc) is 3.49. The molecule has 3 aromatic heterocycles. The Morgan fingerprint density at radius 1 is 1.12 bits per heavy atom. The van der Waals surface area contributed by atoms with Gasteiger partial charge in [-0.2, -0.15) is 23.4 Å². The fraction of sp³-hybridized carbons (Fsp3) is 0.381. The van der Waals surface area contributed by atoms with E-state index in [4.69, 9.17) is 4.74 Å². The SMILES string of the molecule is Cc1ccc(-n2nccn2)c(C(=O)N2[C@@H]3CC[C@H]2[C@H](Oc2ccc(C(F)(F)F)cn2)C3)n1. The molecule has 3 aromatic rings. The zero-order valence-electron chi connectivity index (χ0n) is 17.0. The van der Waals surface area contributed by atoms with Crippen LogP contribution in [0.2, 0.25) is 0 Å². The summed E-state index contributed by atoms with van der Waals surface area (Å²) in [4.78, 5) is 24.9. The molecular weight excluding hydrogens is 425 g/mol. The summed E-state index contributed by atoms with van der Waals surface area (Å²) in [5.74, 6) is -0.127. The Hall–Kier alpha value is -3.50. The fourth-order valence-electron chi connectivity index (χ4n) is 4.48. The highest BCUT2D eigenvalue weighted by Crippen LogP contribution is 2.41. The molecule has 0 aromatic carbocycles. The number of alkyl halides is 3. The van der Waals surface area contributed by atoms with E-state index in [1.54, 1.807) is 24.0 Å². The van der Waals surface area contributed by atoms with Crippen molar-refractivity contribution in [1.82, 2.24) is 29.9 Å². The fourth-order valence-corrected chi connectivity index (χ4v) is 4.48. The maximum absolute atomic E-state index is 13.5. The number of aromatic nitrogens is 5. The summed E-state index contributed by atoms with van der Waals surface area (Å²) in [6.45, 7) is 1.80. The van der Waals surface area contributed by atoms with Gasteiger partial charge in [-0.05, 0) is 38.0 Å². The van der Waals surface area contributed by atoms with Crippen molar-refractivity contribution < 1.29 is 22.7 Å². The van der Waals surface area contributed by atoms with Crippen LogP contribution in [0.5, 0.6) is 5.88 Å². The molecule has 0 saturated carbocycles. The van der Waals surface area contributed by atoms with Crippen molar-refractivity contribution in [3.63, 3.8) is 0 Å². The van der Waals surface area contributed by atoms with E-state index in [0.29, 0.717) is 17.8 Å². The van der Waals surface area contributed by atoms with Crippen LogP contribution in [0.3, 0.4) is 0 Å². The molecule has 166 valence electrons. The molecule has 2 fully saturated rings. The van der Waals surface area contributed by atoms with Gasteiger partial charge in [-0.15, -0.1) is 4.80 Å². The number of rotatable bonds is 4. The number of halogens is 3. The molecule has 2 bridgehead atoms. The first-order valence-electron chi connectivity index (χ1n) is 10.2. The van der Waals surface area contributed by atoms with Crippen LogP contribution in [0.1, 0.15) is 41.0 Å². The molecule has 0 unspecified atom stereocenters. The third-order valence-electron chi connectivity index (χ3n) is 5.90. The summed E-state index contributed by atoms with van der Waals surface area (Å²) < 4.78 is 44.2. The Morgan fingerprint density at radius 2 is 1.91 bits per heavy atom. The standard InChI is InChI=1S/C21H19F3N6O2/c1-12-2-5-16(30-26-8-9-27-30)19(28-12)20(31)29-14-4-6-15(29)17(10-14)32-18-7-3-13(11-25-18)21(22,23)24/h2-3,5,7-9,11,14-15,17H,4,6,10H2,1H3/t14-,15+,17-/m1/s1. The van der Waals surface area contributed by atoms with Gasteiger partial charge in [-0.25, -0.2) is 9.97 Å². The van der Waals surface area contributed by atoms with Gasteiger partial charge in [0, 0.05) is 30.4 Å². The Bertz CT molecular complexity index is 1130. The molecule has 0 N–H and O–H groups in total. The van der Waals surface area contributed by atoms with Gasteiger partial charge in [0.1, 0.15) is 11.8 Å². The normalized spacial score (nSPS) is 22.4. The summed E-state index contributed by atoms with van der Waals surface area (Å²) >= 11 is 0. The second kappa shape index (κ2) is 7.57. The van der Waals surface area contributed by atoms with Crippen LogP contribution in [0.25, 0.3) is 5.69 Å². The van der Waals surface area contributed by atoms with Crippen molar-refractivity contribution in [1.29, 1.82) is 0 Å². The number of nitrogens with zero attached hydrogens (tertiary/aromatic N) is 6. The van der Waals surface area contributed by atoms with Crippen molar-refractivity contribution in [3.05, 3.63) is 59.8 Å². The predicted molar refractivity (Wildman–Crippen MR) is 105 cm³/mol. The van der Waals surface area contributed by atoms with Crippen LogP contribution in [0, 0.1) is 6.92 Å². The molecular formula is C21H19F3N6O2. The van der Waals surface area contributed by atoms with Gasteiger partial charge in [0.2, 0.25) is 5.88 Å². The number of pyridine rings is 2. The predicted octanol–water partition coefficient (Wildman–Crippen LogP) is 3.21. The average molecular weight is 444 g/mol. The first-order valence-corrected chi connectivity index (χ1v) is 10.2. The highest BCUT2D eigenvalue weighted by molar-refractivity contribution is 5.96. The third-order valence-corrected chi connectivity index (χ3v) is 5.90. The van der Waals surface area contributed by atoms with Crippen LogP contribution < -0.4 is 4.74 Å². The maximum atomic E-state index is 13.5. The Balaban J connectivity index is 1.38.